The summed E-state index contributed by atoms with van der Waals surface area (Å²) in [5, 5.41) is 2.45. The second-order valence-electron chi connectivity index (χ2n) is 5.55. The van der Waals surface area contributed by atoms with Crippen LogP contribution in [0, 0.1) is 0 Å². The molecule has 1 heterocycles. The first-order valence-corrected chi connectivity index (χ1v) is 8.11. The lowest BCUT2D eigenvalue weighted by atomic mass is 10.0. The van der Waals surface area contributed by atoms with Gasteiger partial charge in [-0.2, -0.15) is 0 Å². The van der Waals surface area contributed by atoms with Crippen LogP contribution in [-0.2, 0) is 0 Å². The highest BCUT2D eigenvalue weighted by atomic mass is 16.3. The van der Waals surface area contributed by atoms with Gasteiger partial charge >= 0.3 is 0 Å². The largest absolute Gasteiger partial charge is 0.456 e. The molecule has 3 rings (SSSR count). The molecule has 0 fully saturated rings. The second kappa shape index (κ2) is 6.65. The molecule has 0 spiro atoms. The fourth-order valence-corrected chi connectivity index (χ4v) is 2.97. The summed E-state index contributed by atoms with van der Waals surface area (Å²) in [5.74, 6) is 0. The van der Waals surface area contributed by atoms with Gasteiger partial charge in [0.15, 0.2) is 0 Å². The third kappa shape index (κ3) is 2.71. The molecule has 0 aliphatic carbocycles. The van der Waals surface area contributed by atoms with Crippen molar-refractivity contribution >= 4 is 22.6 Å². The van der Waals surface area contributed by atoms with Crippen molar-refractivity contribution in [1.29, 1.82) is 0 Å². The molecule has 0 radical (unpaired) electrons. The molecular formula is C21H22O. The van der Waals surface area contributed by atoms with Gasteiger partial charge in [0.25, 0.3) is 0 Å². The van der Waals surface area contributed by atoms with Crippen molar-refractivity contribution in [3.05, 3.63) is 70.8 Å². The third-order valence-electron chi connectivity index (χ3n) is 3.94. The van der Waals surface area contributed by atoms with Crippen molar-refractivity contribution in [3.8, 4) is 0 Å². The summed E-state index contributed by atoms with van der Waals surface area (Å²) in [5.41, 5.74) is 4.57. The minimum Gasteiger partial charge on any atom is -0.456 e. The predicted octanol–water partition coefficient (Wildman–Crippen LogP) is 4.62. The first kappa shape index (κ1) is 14.6. The normalized spacial score (nSPS) is 13.6. The van der Waals surface area contributed by atoms with Crippen molar-refractivity contribution in [2.45, 2.75) is 33.1 Å². The van der Waals surface area contributed by atoms with Gasteiger partial charge in [0.2, 0.25) is 0 Å². The van der Waals surface area contributed by atoms with Gasteiger partial charge in [-0.3, -0.25) is 0 Å². The van der Waals surface area contributed by atoms with Crippen LogP contribution in [0.3, 0.4) is 0 Å². The van der Waals surface area contributed by atoms with E-state index in [-0.39, 0.29) is 0 Å². The predicted molar refractivity (Wildman–Crippen MR) is 94.1 cm³/mol. The summed E-state index contributed by atoms with van der Waals surface area (Å²) in [7, 11) is 0. The average Bonchev–Trinajstić information content (AvgIpc) is 2.92. The molecule has 0 N–H and O–H groups in total. The van der Waals surface area contributed by atoms with Crippen LogP contribution in [-0.4, -0.2) is 0 Å². The van der Waals surface area contributed by atoms with Gasteiger partial charge in [-0.1, -0.05) is 74.9 Å². The van der Waals surface area contributed by atoms with Crippen LogP contribution in [0.15, 0.2) is 59.0 Å². The van der Waals surface area contributed by atoms with Crippen LogP contribution in [0.1, 0.15) is 38.7 Å². The maximum Gasteiger partial charge on any atom is 0.138 e. The molecule has 1 heteroatoms. The maximum absolute atomic E-state index is 6.25. The van der Waals surface area contributed by atoms with Crippen LogP contribution in [0.5, 0.6) is 0 Å². The lowest BCUT2D eigenvalue weighted by Gasteiger charge is -2.04. The molecule has 0 saturated heterocycles. The molecule has 22 heavy (non-hydrogen) atoms. The molecular weight excluding hydrogens is 268 g/mol. The molecule has 0 aliphatic heterocycles. The Balaban J connectivity index is 2.43. The van der Waals surface area contributed by atoms with Gasteiger partial charge in [0.1, 0.15) is 11.0 Å². The molecule has 1 nitrogen and oxygen atoms in total. The number of furan rings is 1. The van der Waals surface area contributed by atoms with Gasteiger partial charge in [0.05, 0.1) is 0 Å². The van der Waals surface area contributed by atoms with Crippen LogP contribution in [0.4, 0.5) is 0 Å². The van der Waals surface area contributed by atoms with E-state index in [9.17, 15) is 0 Å². The first-order chi connectivity index (χ1) is 10.8. The Morgan fingerprint density at radius 2 is 1.68 bits per heavy atom. The van der Waals surface area contributed by atoms with E-state index in [2.05, 4.69) is 68.5 Å². The highest BCUT2D eigenvalue weighted by molar-refractivity contribution is 5.80. The number of fused-ring (bicyclic) bond motifs is 1. The Hall–Kier alpha value is -2.28. The molecule has 2 aromatic carbocycles. The Bertz CT molecular complexity index is 869. The highest BCUT2D eigenvalue weighted by Crippen LogP contribution is 2.17. The van der Waals surface area contributed by atoms with Crippen LogP contribution >= 0.6 is 0 Å². The molecule has 0 aliphatic rings. The third-order valence-corrected chi connectivity index (χ3v) is 3.94. The van der Waals surface area contributed by atoms with E-state index in [0.29, 0.717) is 0 Å². The topological polar surface area (TPSA) is 13.1 Å². The van der Waals surface area contributed by atoms with E-state index in [1.165, 1.54) is 21.7 Å². The van der Waals surface area contributed by atoms with E-state index in [1.807, 2.05) is 6.07 Å². The highest BCUT2D eigenvalue weighted by Gasteiger charge is 2.09. The molecule has 0 amide bonds. The maximum atomic E-state index is 6.25. The van der Waals surface area contributed by atoms with Crippen molar-refractivity contribution in [3.63, 3.8) is 0 Å². The van der Waals surface area contributed by atoms with Crippen LogP contribution in [0.2, 0.25) is 0 Å². The minimum absolute atomic E-state index is 0.974. The van der Waals surface area contributed by atoms with Crippen molar-refractivity contribution in [2.75, 3.05) is 0 Å². The molecule has 0 saturated carbocycles. The summed E-state index contributed by atoms with van der Waals surface area (Å²) in [6.07, 6.45) is 5.41. The fraction of sp³-hybridized carbons (Fsp3) is 0.238. The lowest BCUT2D eigenvalue weighted by molar-refractivity contribution is 0.569. The number of hydrogen-bond acceptors (Lipinski definition) is 1. The average molecular weight is 290 g/mol. The molecule has 0 atom stereocenters. The Labute approximate surface area is 131 Å². The van der Waals surface area contributed by atoms with Gasteiger partial charge in [-0.15, -0.1) is 0 Å². The second-order valence-corrected chi connectivity index (χ2v) is 5.55. The Kier molecular flexibility index (Phi) is 4.43. The monoisotopic (exact) mass is 290 g/mol. The zero-order chi connectivity index (χ0) is 15.4. The number of hydrogen-bond donors (Lipinski definition) is 0. The van der Waals surface area contributed by atoms with Crippen molar-refractivity contribution in [1.82, 2.24) is 0 Å². The van der Waals surface area contributed by atoms with E-state index >= 15 is 0 Å². The summed E-state index contributed by atoms with van der Waals surface area (Å²) in [6, 6.07) is 18.9. The van der Waals surface area contributed by atoms with Gasteiger partial charge < -0.3 is 4.42 Å². The molecule has 112 valence electrons. The fourth-order valence-electron chi connectivity index (χ4n) is 2.97. The lowest BCUT2D eigenvalue weighted by Crippen LogP contribution is -2.23. The summed E-state index contributed by atoms with van der Waals surface area (Å²) < 4.78 is 6.25. The van der Waals surface area contributed by atoms with E-state index in [4.69, 9.17) is 4.42 Å². The molecule has 1 aromatic heterocycles. The van der Waals surface area contributed by atoms with Gasteiger partial charge in [-0.05, 0) is 24.5 Å². The Morgan fingerprint density at radius 1 is 0.955 bits per heavy atom. The van der Waals surface area contributed by atoms with E-state index < -0.39 is 0 Å². The quantitative estimate of drug-likeness (QED) is 0.683. The zero-order valence-electron chi connectivity index (χ0n) is 13.3. The standard InChI is InChI=1S/C21H22O/c1-3-10-17(16-12-6-5-7-13-16)21-19(11-4-2)18-14-8-9-15-20(18)22-21/h5-9,11-15H,3-4,10H2,1-2H3/b19-11+,21-17-. The minimum atomic E-state index is 0.974. The van der Waals surface area contributed by atoms with Crippen molar-refractivity contribution in [2.24, 2.45) is 0 Å². The number of para-hydroxylation sites is 1. The zero-order valence-corrected chi connectivity index (χ0v) is 13.3. The van der Waals surface area contributed by atoms with Gasteiger partial charge in [0, 0.05) is 16.2 Å². The summed E-state index contributed by atoms with van der Waals surface area (Å²) >= 11 is 0. The molecule has 0 unspecified atom stereocenters. The van der Waals surface area contributed by atoms with Gasteiger partial charge in [-0.25, -0.2) is 0 Å². The number of rotatable bonds is 4. The molecule has 0 bridgehead atoms. The number of benzene rings is 2. The van der Waals surface area contributed by atoms with Crippen LogP contribution in [0.25, 0.3) is 22.6 Å². The Morgan fingerprint density at radius 3 is 2.41 bits per heavy atom. The summed E-state index contributed by atoms with van der Waals surface area (Å²) in [4.78, 5) is 0. The first-order valence-electron chi connectivity index (χ1n) is 8.11. The van der Waals surface area contributed by atoms with E-state index in [0.717, 1.165) is 30.3 Å². The summed E-state index contributed by atoms with van der Waals surface area (Å²) in [6.45, 7) is 4.39. The molecule has 3 aromatic rings. The van der Waals surface area contributed by atoms with Crippen LogP contribution < -0.4 is 10.6 Å². The smallest absolute Gasteiger partial charge is 0.138 e. The van der Waals surface area contributed by atoms with E-state index in [1.54, 1.807) is 0 Å². The SMILES string of the molecule is CC/C=c1/c(=C(\CCC)c2ccccc2)oc2ccccc12. The van der Waals surface area contributed by atoms with Crippen molar-refractivity contribution < 1.29 is 4.42 Å².